The molecule has 19 heavy (non-hydrogen) atoms. The molecule has 0 bridgehead atoms. The van der Waals surface area contributed by atoms with Gasteiger partial charge in [-0.05, 0) is 62.7 Å². The fourth-order valence-corrected chi connectivity index (χ4v) is 3.30. The smallest absolute Gasteiger partial charge is 0.124 e. The van der Waals surface area contributed by atoms with Crippen LogP contribution in [0.5, 0.6) is 0 Å². The lowest BCUT2D eigenvalue weighted by molar-refractivity contribution is 0.154. The highest BCUT2D eigenvalue weighted by molar-refractivity contribution is 9.10. The first-order chi connectivity index (χ1) is 9.19. The maximum absolute atomic E-state index is 13.4. The summed E-state index contributed by atoms with van der Waals surface area (Å²) >= 11 is 3.37. The molecule has 1 fully saturated rings. The van der Waals surface area contributed by atoms with Crippen LogP contribution in [-0.2, 0) is 6.54 Å². The third-order valence-corrected chi connectivity index (χ3v) is 4.10. The summed E-state index contributed by atoms with van der Waals surface area (Å²) in [6.07, 6.45) is 3.52. The largest absolute Gasteiger partial charge is 0.317 e. The minimum Gasteiger partial charge on any atom is -0.317 e. The van der Waals surface area contributed by atoms with Crippen LogP contribution >= 0.6 is 15.9 Å². The number of halogens is 2. The Morgan fingerprint density at radius 1 is 1.32 bits per heavy atom. The molecule has 1 aromatic rings. The zero-order chi connectivity index (χ0) is 13.7. The molecule has 0 aromatic heterocycles. The Bertz CT molecular complexity index is 385. The van der Waals surface area contributed by atoms with E-state index in [-0.39, 0.29) is 5.82 Å². The Kier molecular flexibility index (Phi) is 5.79. The summed E-state index contributed by atoms with van der Waals surface area (Å²) < 4.78 is 14.3. The van der Waals surface area contributed by atoms with E-state index in [1.165, 1.54) is 18.9 Å². The number of piperidine rings is 1. The molecule has 106 valence electrons. The lowest BCUT2D eigenvalue weighted by Crippen LogP contribution is -2.43. The van der Waals surface area contributed by atoms with Crippen molar-refractivity contribution in [3.63, 3.8) is 0 Å². The summed E-state index contributed by atoms with van der Waals surface area (Å²) in [7, 11) is 0. The van der Waals surface area contributed by atoms with Crippen molar-refractivity contribution in [1.82, 2.24) is 10.2 Å². The predicted octanol–water partition coefficient (Wildman–Crippen LogP) is 3.55. The maximum Gasteiger partial charge on any atom is 0.124 e. The summed E-state index contributed by atoms with van der Waals surface area (Å²) in [5, 5.41) is 3.40. The average molecular weight is 329 g/mol. The maximum atomic E-state index is 13.4. The molecule has 0 saturated carbocycles. The monoisotopic (exact) mass is 328 g/mol. The van der Waals surface area contributed by atoms with Gasteiger partial charge < -0.3 is 5.32 Å². The third kappa shape index (κ3) is 4.55. The lowest BCUT2D eigenvalue weighted by Gasteiger charge is -2.34. The van der Waals surface area contributed by atoms with E-state index < -0.39 is 0 Å². The Morgan fingerprint density at radius 3 is 2.68 bits per heavy atom. The molecule has 0 spiro atoms. The van der Waals surface area contributed by atoms with Crippen LogP contribution in [-0.4, -0.2) is 30.6 Å². The van der Waals surface area contributed by atoms with Gasteiger partial charge in [-0.25, -0.2) is 4.39 Å². The van der Waals surface area contributed by atoms with E-state index in [2.05, 4.69) is 33.1 Å². The van der Waals surface area contributed by atoms with Gasteiger partial charge in [-0.1, -0.05) is 22.9 Å². The molecule has 0 radical (unpaired) electrons. The first kappa shape index (κ1) is 14.9. The quantitative estimate of drug-likeness (QED) is 0.889. The van der Waals surface area contributed by atoms with Crippen LogP contribution in [0.1, 0.15) is 31.7 Å². The lowest BCUT2D eigenvalue weighted by atomic mass is 10.0. The molecular weight excluding hydrogens is 307 g/mol. The molecule has 1 aromatic carbocycles. The molecule has 2 nitrogen and oxygen atoms in total. The van der Waals surface area contributed by atoms with E-state index in [1.54, 1.807) is 6.07 Å². The van der Waals surface area contributed by atoms with Crippen molar-refractivity contribution in [2.45, 2.75) is 38.8 Å². The van der Waals surface area contributed by atoms with Gasteiger partial charge in [0, 0.05) is 17.1 Å². The summed E-state index contributed by atoms with van der Waals surface area (Å²) in [4.78, 5) is 2.50. The van der Waals surface area contributed by atoms with Crippen molar-refractivity contribution in [2.24, 2.45) is 0 Å². The molecule has 0 amide bonds. The van der Waals surface area contributed by atoms with Gasteiger partial charge in [0.1, 0.15) is 5.82 Å². The Labute approximate surface area is 123 Å². The second-order valence-corrected chi connectivity index (χ2v) is 6.15. The summed E-state index contributed by atoms with van der Waals surface area (Å²) in [5.74, 6) is -0.161. The SMILES string of the molecule is CCCN(Cc1cc(F)cc(Br)c1)C1CCNCC1. The van der Waals surface area contributed by atoms with Crippen LogP contribution in [0.2, 0.25) is 0 Å². The molecule has 0 aliphatic carbocycles. The van der Waals surface area contributed by atoms with E-state index in [9.17, 15) is 4.39 Å². The first-order valence-corrected chi connectivity index (χ1v) is 7.88. The molecule has 1 heterocycles. The van der Waals surface area contributed by atoms with Gasteiger partial charge in [0.2, 0.25) is 0 Å². The molecule has 0 unspecified atom stereocenters. The van der Waals surface area contributed by atoms with Crippen LogP contribution in [0, 0.1) is 5.82 Å². The zero-order valence-corrected chi connectivity index (χ0v) is 13.0. The molecule has 0 atom stereocenters. The number of nitrogens with zero attached hydrogens (tertiary/aromatic N) is 1. The summed E-state index contributed by atoms with van der Waals surface area (Å²) in [6.45, 7) is 6.32. The molecule has 2 rings (SSSR count). The topological polar surface area (TPSA) is 15.3 Å². The minimum atomic E-state index is -0.161. The highest BCUT2D eigenvalue weighted by Crippen LogP contribution is 2.20. The van der Waals surface area contributed by atoms with E-state index in [1.807, 2.05) is 6.07 Å². The summed E-state index contributed by atoms with van der Waals surface area (Å²) in [6, 6.07) is 5.81. The van der Waals surface area contributed by atoms with Crippen LogP contribution < -0.4 is 5.32 Å². The molecule has 1 aliphatic heterocycles. The molecule has 4 heteroatoms. The Morgan fingerprint density at radius 2 is 2.05 bits per heavy atom. The zero-order valence-electron chi connectivity index (χ0n) is 11.5. The van der Waals surface area contributed by atoms with E-state index >= 15 is 0 Å². The molecule has 1 aliphatic rings. The van der Waals surface area contributed by atoms with Crippen LogP contribution in [0.15, 0.2) is 22.7 Å². The minimum absolute atomic E-state index is 0.161. The van der Waals surface area contributed by atoms with Crippen molar-refractivity contribution in [3.8, 4) is 0 Å². The first-order valence-electron chi connectivity index (χ1n) is 7.08. The highest BCUT2D eigenvalue weighted by atomic mass is 79.9. The molecular formula is C15H22BrFN2. The van der Waals surface area contributed by atoms with Gasteiger partial charge >= 0.3 is 0 Å². The van der Waals surface area contributed by atoms with Gasteiger partial charge in [0.05, 0.1) is 0 Å². The summed E-state index contributed by atoms with van der Waals surface area (Å²) in [5.41, 5.74) is 1.05. The van der Waals surface area contributed by atoms with Crippen molar-refractivity contribution >= 4 is 15.9 Å². The van der Waals surface area contributed by atoms with Crippen LogP contribution in [0.25, 0.3) is 0 Å². The van der Waals surface area contributed by atoms with E-state index in [0.717, 1.165) is 42.6 Å². The number of nitrogens with one attached hydrogen (secondary N) is 1. The van der Waals surface area contributed by atoms with Gasteiger partial charge in [0.15, 0.2) is 0 Å². The number of benzene rings is 1. The number of hydrogen-bond acceptors (Lipinski definition) is 2. The van der Waals surface area contributed by atoms with Gasteiger partial charge in [-0.15, -0.1) is 0 Å². The van der Waals surface area contributed by atoms with Crippen LogP contribution in [0.3, 0.4) is 0 Å². The highest BCUT2D eigenvalue weighted by Gasteiger charge is 2.20. The van der Waals surface area contributed by atoms with E-state index in [4.69, 9.17) is 0 Å². The second kappa shape index (κ2) is 7.36. The normalized spacial score (nSPS) is 17.1. The molecule has 1 N–H and O–H groups in total. The fraction of sp³-hybridized carbons (Fsp3) is 0.600. The van der Waals surface area contributed by atoms with Gasteiger partial charge in [0.25, 0.3) is 0 Å². The van der Waals surface area contributed by atoms with Crippen molar-refractivity contribution < 1.29 is 4.39 Å². The Balaban J connectivity index is 2.06. The number of rotatable bonds is 5. The van der Waals surface area contributed by atoms with Gasteiger partial charge in [-0.2, -0.15) is 0 Å². The Hall–Kier alpha value is -0.450. The van der Waals surface area contributed by atoms with Crippen molar-refractivity contribution in [2.75, 3.05) is 19.6 Å². The van der Waals surface area contributed by atoms with Gasteiger partial charge in [-0.3, -0.25) is 4.90 Å². The third-order valence-electron chi connectivity index (χ3n) is 3.64. The predicted molar refractivity (Wildman–Crippen MR) is 80.7 cm³/mol. The van der Waals surface area contributed by atoms with Crippen molar-refractivity contribution in [3.05, 3.63) is 34.1 Å². The second-order valence-electron chi connectivity index (χ2n) is 5.23. The average Bonchev–Trinajstić information content (AvgIpc) is 2.38. The fourth-order valence-electron chi connectivity index (χ4n) is 2.79. The standard InChI is InChI=1S/C15H22BrFN2/c1-2-7-19(15-3-5-18-6-4-15)11-12-8-13(16)10-14(17)9-12/h8-10,15,18H,2-7,11H2,1H3. The van der Waals surface area contributed by atoms with Crippen LogP contribution in [0.4, 0.5) is 4.39 Å². The van der Waals surface area contributed by atoms with Crippen molar-refractivity contribution in [1.29, 1.82) is 0 Å². The number of hydrogen-bond donors (Lipinski definition) is 1. The molecule has 1 saturated heterocycles. The van der Waals surface area contributed by atoms with E-state index in [0.29, 0.717) is 6.04 Å².